The predicted molar refractivity (Wildman–Crippen MR) is 68.4 cm³/mol. The van der Waals surface area contributed by atoms with Crippen molar-refractivity contribution in [2.45, 2.75) is 32.7 Å². The van der Waals surface area contributed by atoms with Crippen LogP contribution in [-0.4, -0.2) is 51.8 Å². The van der Waals surface area contributed by atoms with E-state index in [0.29, 0.717) is 6.54 Å². The number of amides is 1. The Morgan fingerprint density at radius 3 is 3.00 bits per heavy atom. The summed E-state index contributed by atoms with van der Waals surface area (Å²) in [6.45, 7) is 5.06. The van der Waals surface area contributed by atoms with E-state index in [1.807, 2.05) is 18.7 Å². The first-order valence-electron chi connectivity index (χ1n) is 6.28. The molecule has 1 amide bonds. The summed E-state index contributed by atoms with van der Waals surface area (Å²) in [5.41, 5.74) is 2.42. The molecule has 0 spiro atoms. The van der Waals surface area contributed by atoms with E-state index in [1.54, 1.807) is 0 Å². The van der Waals surface area contributed by atoms with Gasteiger partial charge < -0.3 is 10.4 Å². The Hall–Kier alpha value is -1.40. The Labute approximate surface area is 106 Å². The number of likely N-dealkylation sites (tertiary alicyclic amines) is 1. The normalized spacial score (nSPS) is 20.3. The van der Waals surface area contributed by atoms with Crippen LogP contribution in [0.5, 0.6) is 0 Å². The van der Waals surface area contributed by atoms with Gasteiger partial charge in [0, 0.05) is 6.04 Å². The number of hydrogen-bond donors (Lipinski definition) is 3. The van der Waals surface area contributed by atoms with Crippen LogP contribution in [0.1, 0.15) is 24.2 Å². The number of H-pyrrole nitrogens is 1. The zero-order valence-electron chi connectivity index (χ0n) is 10.9. The second-order valence-corrected chi connectivity index (χ2v) is 4.81. The summed E-state index contributed by atoms with van der Waals surface area (Å²) in [4.78, 5) is 14.0. The minimum absolute atomic E-state index is 0.0528. The summed E-state index contributed by atoms with van der Waals surface area (Å²) in [7, 11) is 0. The lowest BCUT2D eigenvalue weighted by Gasteiger charge is -2.21. The highest BCUT2D eigenvalue weighted by Gasteiger charge is 2.25. The second kappa shape index (κ2) is 5.49. The van der Waals surface area contributed by atoms with Crippen LogP contribution in [0.3, 0.4) is 0 Å². The molecule has 6 heteroatoms. The van der Waals surface area contributed by atoms with Gasteiger partial charge in [-0.3, -0.25) is 14.8 Å². The van der Waals surface area contributed by atoms with Crippen molar-refractivity contribution >= 4 is 11.6 Å². The number of aromatic nitrogens is 2. The summed E-state index contributed by atoms with van der Waals surface area (Å²) < 4.78 is 0. The number of carbonyl (C=O) groups excluding carboxylic acids is 1. The zero-order valence-corrected chi connectivity index (χ0v) is 10.9. The summed E-state index contributed by atoms with van der Waals surface area (Å²) in [5, 5.41) is 19.0. The number of nitrogens with one attached hydrogen (secondary N) is 2. The average molecular weight is 252 g/mol. The van der Waals surface area contributed by atoms with Crippen LogP contribution < -0.4 is 5.32 Å². The van der Waals surface area contributed by atoms with Gasteiger partial charge in [0.05, 0.1) is 30.2 Å². The van der Waals surface area contributed by atoms with Crippen molar-refractivity contribution in [3.05, 3.63) is 11.4 Å². The number of aliphatic hydroxyl groups excluding tert-OH is 1. The molecule has 2 heterocycles. The number of aromatic amines is 1. The van der Waals surface area contributed by atoms with E-state index in [4.69, 9.17) is 0 Å². The fourth-order valence-corrected chi connectivity index (χ4v) is 2.41. The molecular formula is C12H20N4O2. The minimum Gasteiger partial charge on any atom is -0.395 e. The van der Waals surface area contributed by atoms with E-state index in [2.05, 4.69) is 15.5 Å². The molecule has 6 nitrogen and oxygen atoms in total. The lowest BCUT2D eigenvalue weighted by Crippen LogP contribution is -2.38. The molecule has 2 rings (SSSR count). The van der Waals surface area contributed by atoms with Gasteiger partial charge in [0.15, 0.2) is 0 Å². The third kappa shape index (κ3) is 2.70. The first-order valence-corrected chi connectivity index (χ1v) is 6.28. The number of aliphatic hydroxyl groups is 1. The zero-order chi connectivity index (χ0) is 13.1. The molecule has 0 radical (unpaired) electrons. The van der Waals surface area contributed by atoms with E-state index < -0.39 is 0 Å². The molecule has 0 bridgehead atoms. The van der Waals surface area contributed by atoms with Crippen molar-refractivity contribution in [2.24, 2.45) is 0 Å². The number of anilines is 1. The summed E-state index contributed by atoms with van der Waals surface area (Å²) in [5.74, 6) is -0.0528. The fraction of sp³-hybridized carbons (Fsp3) is 0.667. The molecule has 100 valence electrons. The van der Waals surface area contributed by atoms with Crippen LogP contribution in [0.15, 0.2) is 0 Å². The van der Waals surface area contributed by atoms with E-state index in [0.717, 1.165) is 36.5 Å². The largest absolute Gasteiger partial charge is 0.395 e. The quantitative estimate of drug-likeness (QED) is 0.725. The molecule has 1 aliphatic heterocycles. The van der Waals surface area contributed by atoms with Crippen LogP contribution in [0.25, 0.3) is 0 Å². The maximum atomic E-state index is 12.0. The first kappa shape index (κ1) is 13.0. The van der Waals surface area contributed by atoms with Gasteiger partial charge >= 0.3 is 0 Å². The highest BCUT2D eigenvalue weighted by Crippen LogP contribution is 2.18. The smallest absolute Gasteiger partial charge is 0.238 e. The molecule has 0 saturated carbocycles. The molecule has 1 aromatic rings. The summed E-state index contributed by atoms with van der Waals surface area (Å²) >= 11 is 0. The molecule has 3 N–H and O–H groups in total. The average Bonchev–Trinajstić information content (AvgIpc) is 2.90. The number of nitrogens with zero attached hydrogens (tertiary/aromatic N) is 2. The Bertz CT molecular complexity index is 410. The minimum atomic E-state index is -0.0528. The van der Waals surface area contributed by atoms with Crippen molar-refractivity contribution in [2.75, 3.05) is 25.0 Å². The van der Waals surface area contributed by atoms with Gasteiger partial charge in [-0.05, 0) is 33.2 Å². The third-order valence-electron chi connectivity index (χ3n) is 3.45. The van der Waals surface area contributed by atoms with E-state index in [1.165, 1.54) is 0 Å². The first-order chi connectivity index (χ1) is 8.61. The number of carbonyl (C=O) groups is 1. The van der Waals surface area contributed by atoms with Crippen LogP contribution >= 0.6 is 0 Å². The van der Waals surface area contributed by atoms with Gasteiger partial charge in [-0.1, -0.05) is 0 Å². The number of hydrogen-bond acceptors (Lipinski definition) is 4. The van der Waals surface area contributed by atoms with Gasteiger partial charge in [-0.25, -0.2) is 0 Å². The van der Waals surface area contributed by atoms with Crippen molar-refractivity contribution < 1.29 is 9.90 Å². The SMILES string of the molecule is Cc1n[nH]c(C)c1NC(=O)CN1CCCC1CO. The van der Waals surface area contributed by atoms with Gasteiger partial charge in [0.1, 0.15) is 0 Å². The molecule has 1 saturated heterocycles. The molecule has 1 aliphatic rings. The highest BCUT2D eigenvalue weighted by molar-refractivity contribution is 5.93. The molecule has 0 aromatic carbocycles. The number of aryl methyl sites for hydroxylation is 2. The maximum absolute atomic E-state index is 12.0. The lowest BCUT2D eigenvalue weighted by molar-refractivity contribution is -0.117. The Balaban J connectivity index is 1.93. The molecular weight excluding hydrogens is 232 g/mol. The Morgan fingerprint density at radius 1 is 1.61 bits per heavy atom. The highest BCUT2D eigenvalue weighted by atomic mass is 16.3. The third-order valence-corrected chi connectivity index (χ3v) is 3.45. The summed E-state index contributed by atoms with van der Waals surface area (Å²) in [6, 6.07) is 0.127. The molecule has 0 aliphatic carbocycles. The second-order valence-electron chi connectivity index (χ2n) is 4.81. The number of rotatable bonds is 4. The van der Waals surface area contributed by atoms with Gasteiger partial charge in [-0.2, -0.15) is 5.10 Å². The van der Waals surface area contributed by atoms with Crippen molar-refractivity contribution in [3.63, 3.8) is 0 Å². The topological polar surface area (TPSA) is 81.2 Å². The van der Waals surface area contributed by atoms with E-state index in [9.17, 15) is 9.90 Å². The van der Waals surface area contributed by atoms with Gasteiger partial charge in [0.25, 0.3) is 0 Å². The lowest BCUT2D eigenvalue weighted by atomic mass is 10.2. The standard InChI is InChI=1S/C12H20N4O2/c1-8-12(9(2)15-14-8)13-11(18)6-16-5-3-4-10(16)7-17/h10,17H,3-7H2,1-2H3,(H,13,18)(H,14,15). The summed E-state index contributed by atoms with van der Waals surface area (Å²) in [6.07, 6.45) is 2.01. The molecule has 1 aromatic heterocycles. The van der Waals surface area contributed by atoms with Crippen LogP contribution in [-0.2, 0) is 4.79 Å². The van der Waals surface area contributed by atoms with Crippen molar-refractivity contribution in [3.8, 4) is 0 Å². The van der Waals surface area contributed by atoms with Crippen molar-refractivity contribution in [1.29, 1.82) is 0 Å². The monoisotopic (exact) mass is 252 g/mol. The van der Waals surface area contributed by atoms with Crippen molar-refractivity contribution in [1.82, 2.24) is 15.1 Å². The molecule has 1 unspecified atom stereocenters. The fourth-order valence-electron chi connectivity index (χ4n) is 2.41. The van der Waals surface area contributed by atoms with Gasteiger partial charge in [0.2, 0.25) is 5.91 Å². The molecule has 1 atom stereocenters. The van der Waals surface area contributed by atoms with E-state index >= 15 is 0 Å². The Morgan fingerprint density at radius 2 is 2.39 bits per heavy atom. The van der Waals surface area contributed by atoms with Crippen LogP contribution in [0, 0.1) is 13.8 Å². The van der Waals surface area contributed by atoms with Gasteiger partial charge in [-0.15, -0.1) is 0 Å². The molecule has 1 fully saturated rings. The maximum Gasteiger partial charge on any atom is 0.238 e. The Kier molecular flexibility index (Phi) is 3.98. The van der Waals surface area contributed by atoms with Crippen LogP contribution in [0.2, 0.25) is 0 Å². The predicted octanol–water partition coefficient (Wildman–Crippen LogP) is 0.422. The van der Waals surface area contributed by atoms with Crippen LogP contribution in [0.4, 0.5) is 5.69 Å². The molecule has 18 heavy (non-hydrogen) atoms. The van der Waals surface area contributed by atoms with E-state index in [-0.39, 0.29) is 18.6 Å².